The van der Waals surface area contributed by atoms with E-state index in [-0.39, 0.29) is 5.38 Å². The Kier molecular flexibility index (Phi) is 4.16. The highest BCUT2D eigenvalue weighted by Gasteiger charge is 2.13. The van der Waals surface area contributed by atoms with E-state index in [0.717, 1.165) is 19.6 Å². The molecule has 0 N–H and O–H groups in total. The van der Waals surface area contributed by atoms with Crippen molar-refractivity contribution in [3.8, 4) is 0 Å². The van der Waals surface area contributed by atoms with Crippen LogP contribution in [0, 0.1) is 0 Å². The van der Waals surface area contributed by atoms with Crippen LogP contribution in [0.1, 0.15) is 19.3 Å². The summed E-state index contributed by atoms with van der Waals surface area (Å²) in [5.74, 6) is 0. The van der Waals surface area contributed by atoms with Crippen molar-refractivity contribution >= 4 is 11.6 Å². The van der Waals surface area contributed by atoms with Crippen LogP contribution in [0.3, 0.4) is 0 Å². The average Bonchev–Trinajstić information content (AvgIpc) is 2.06. The molecule has 0 aliphatic carbocycles. The maximum atomic E-state index is 12.0. The predicted octanol–water partition coefficient (Wildman–Crippen LogP) is 2.05. The summed E-state index contributed by atoms with van der Waals surface area (Å²) in [6, 6.07) is 0. The zero-order valence-electron chi connectivity index (χ0n) is 6.73. The minimum Gasteiger partial charge on any atom is -0.302 e. The molecule has 0 spiro atoms. The first-order valence-corrected chi connectivity index (χ1v) is 4.69. The van der Waals surface area contributed by atoms with Gasteiger partial charge in [-0.15, -0.1) is 11.6 Å². The van der Waals surface area contributed by atoms with Gasteiger partial charge in [0, 0.05) is 6.54 Å². The fraction of sp³-hybridized carbons (Fsp3) is 1.00. The molecule has 1 nitrogen and oxygen atoms in total. The Morgan fingerprint density at radius 2 is 1.91 bits per heavy atom. The van der Waals surface area contributed by atoms with Crippen LogP contribution in [0.4, 0.5) is 4.39 Å². The largest absolute Gasteiger partial charge is 0.302 e. The lowest BCUT2D eigenvalue weighted by molar-refractivity contribution is 0.221. The molecule has 0 saturated carbocycles. The van der Waals surface area contributed by atoms with Crippen LogP contribution in [0.2, 0.25) is 0 Å². The summed E-state index contributed by atoms with van der Waals surface area (Å²) in [7, 11) is 0. The molecular weight excluding hydrogens is 165 g/mol. The molecule has 0 radical (unpaired) electrons. The van der Waals surface area contributed by atoms with Gasteiger partial charge in [0.1, 0.15) is 6.67 Å². The fourth-order valence-corrected chi connectivity index (χ4v) is 1.67. The van der Waals surface area contributed by atoms with E-state index in [1.165, 1.54) is 19.3 Å². The van der Waals surface area contributed by atoms with Gasteiger partial charge in [-0.1, -0.05) is 6.42 Å². The number of alkyl halides is 2. The van der Waals surface area contributed by atoms with Gasteiger partial charge in [0.15, 0.2) is 0 Å². The SMILES string of the molecule is FCC(Cl)CN1CCCCC1. The third-order valence-electron chi connectivity index (χ3n) is 2.07. The first-order chi connectivity index (χ1) is 5.33. The second-order valence-corrected chi connectivity index (χ2v) is 3.73. The van der Waals surface area contributed by atoms with Gasteiger partial charge in [-0.05, 0) is 25.9 Å². The van der Waals surface area contributed by atoms with Gasteiger partial charge in [0.25, 0.3) is 0 Å². The van der Waals surface area contributed by atoms with E-state index in [0.29, 0.717) is 0 Å². The first-order valence-electron chi connectivity index (χ1n) is 4.25. The van der Waals surface area contributed by atoms with Crippen LogP contribution in [0.25, 0.3) is 0 Å². The molecule has 1 atom stereocenters. The standard InChI is InChI=1S/C8H15ClFN/c9-8(6-10)7-11-4-2-1-3-5-11/h8H,1-7H2. The van der Waals surface area contributed by atoms with Crippen molar-refractivity contribution in [3.63, 3.8) is 0 Å². The van der Waals surface area contributed by atoms with Crippen molar-refractivity contribution in [1.82, 2.24) is 4.90 Å². The molecule has 1 aliphatic rings. The normalized spacial score (nSPS) is 23.5. The minimum atomic E-state index is -0.405. The minimum absolute atomic E-state index is 0.298. The van der Waals surface area contributed by atoms with Crippen LogP contribution in [-0.4, -0.2) is 36.6 Å². The average molecular weight is 180 g/mol. The summed E-state index contributed by atoms with van der Waals surface area (Å²) >= 11 is 5.68. The molecule has 1 rings (SSSR count). The summed E-state index contributed by atoms with van der Waals surface area (Å²) in [5, 5.41) is -0.298. The Morgan fingerprint density at radius 1 is 1.27 bits per heavy atom. The Morgan fingerprint density at radius 3 is 2.45 bits per heavy atom. The van der Waals surface area contributed by atoms with Crippen LogP contribution >= 0.6 is 11.6 Å². The van der Waals surface area contributed by atoms with E-state index >= 15 is 0 Å². The second kappa shape index (κ2) is 4.94. The lowest BCUT2D eigenvalue weighted by atomic mass is 10.1. The molecule has 1 aliphatic heterocycles. The first kappa shape index (κ1) is 9.27. The summed E-state index contributed by atoms with van der Waals surface area (Å²) in [4.78, 5) is 2.25. The van der Waals surface area contributed by atoms with Gasteiger partial charge < -0.3 is 4.90 Å². The number of piperidine rings is 1. The lowest BCUT2D eigenvalue weighted by Crippen LogP contribution is -2.35. The zero-order chi connectivity index (χ0) is 8.10. The highest BCUT2D eigenvalue weighted by Crippen LogP contribution is 2.10. The Labute approximate surface area is 72.5 Å². The summed E-state index contributed by atoms with van der Waals surface area (Å²) in [5.41, 5.74) is 0. The van der Waals surface area contributed by atoms with E-state index in [1.54, 1.807) is 0 Å². The molecule has 11 heavy (non-hydrogen) atoms. The number of halogens is 2. The van der Waals surface area contributed by atoms with E-state index in [9.17, 15) is 4.39 Å². The molecule has 1 fully saturated rings. The molecule has 1 heterocycles. The van der Waals surface area contributed by atoms with Crippen LogP contribution in [-0.2, 0) is 0 Å². The number of likely N-dealkylation sites (tertiary alicyclic amines) is 1. The molecule has 0 bridgehead atoms. The molecular formula is C8H15ClFN. The number of hydrogen-bond donors (Lipinski definition) is 0. The molecule has 0 amide bonds. The monoisotopic (exact) mass is 179 g/mol. The lowest BCUT2D eigenvalue weighted by Gasteiger charge is -2.27. The smallest absolute Gasteiger partial charge is 0.107 e. The quantitative estimate of drug-likeness (QED) is 0.600. The summed E-state index contributed by atoms with van der Waals surface area (Å²) < 4.78 is 12.0. The van der Waals surface area contributed by atoms with Crippen LogP contribution < -0.4 is 0 Å². The van der Waals surface area contributed by atoms with Crippen LogP contribution in [0.5, 0.6) is 0 Å². The topological polar surface area (TPSA) is 3.24 Å². The third-order valence-corrected chi connectivity index (χ3v) is 2.33. The maximum Gasteiger partial charge on any atom is 0.107 e. The van der Waals surface area contributed by atoms with Gasteiger partial charge in [-0.25, -0.2) is 4.39 Å². The molecule has 66 valence electrons. The van der Waals surface area contributed by atoms with Crippen molar-refractivity contribution in [3.05, 3.63) is 0 Å². The highest BCUT2D eigenvalue weighted by atomic mass is 35.5. The third kappa shape index (κ3) is 3.39. The van der Waals surface area contributed by atoms with E-state index in [4.69, 9.17) is 11.6 Å². The summed E-state index contributed by atoms with van der Waals surface area (Å²) in [6.45, 7) is 2.52. The van der Waals surface area contributed by atoms with Crippen molar-refractivity contribution < 1.29 is 4.39 Å². The molecule has 1 unspecified atom stereocenters. The molecule has 3 heteroatoms. The van der Waals surface area contributed by atoms with Gasteiger partial charge in [0.2, 0.25) is 0 Å². The molecule has 1 saturated heterocycles. The Hall–Kier alpha value is 0.180. The molecule has 0 aromatic rings. The van der Waals surface area contributed by atoms with E-state index < -0.39 is 6.67 Å². The van der Waals surface area contributed by atoms with Crippen molar-refractivity contribution in [2.45, 2.75) is 24.6 Å². The maximum absolute atomic E-state index is 12.0. The van der Waals surface area contributed by atoms with Gasteiger partial charge >= 0.3 is 0 Å². The predicted molar refractivity (Wildman–Crippen MR) is 45.9 cm³/mol. The zero-order valence-corrected chi connectivity index (χ0v) is 7.49. The van der Waals surface area contributed by atoms with Gasteiger partial charge in [-0.3, -0.25) is 0 Å². The second-order valence-electron chi connectivity index (χ2n) is 3.11. The molecule has 0 aromatic carbocycles. The van der Waals surface area contributed by atoms with E-state index in [2.05, 4.69) is 4.90 Å². The van der Waals surface area contributed by atoms with Crippen molar-refractivity contribution in [2.24, 2.45) is 0 Å². The van der Waals surface area contributed by atoms with E-state index in [1.807, 2.05) is 0 Å². The fourth-order valence-electron chi connectivity index (χ4n) is 1.47. The van der Waals surface area contributed by atoms with Gasteiger partial charge in [-0.2, -0.15) is 0 Å². The van der Waals surface area contributed by atoms with Gasteiger partial charge in [0.05, 0.1) is 5.38 Å². The molecule has 0 aromatic heterocycles. The highest BCUT2D eigenvalue weighted by molar-refractivity contribution is 6.20. The number of nitrogens with zero attached hydrogens (tertiary/aromatic N) is 1. The Bertz CT molecular complexity index is 104. The number of rotatable bonds is 3. The summed E-state index contributed by atoms with van der Waals surface area (Å²) in [6.07, 6.45) is 3.81. The van der Waals surface area contributed by atoms with Crippen molar-refractivity contribution in [1.29, 1.82) is 0 Å². The Balaban J connectivity index is 2.13. The van der Waals surface area contributed by atoms with Crippen molar-refractivity contribution in [2.75, 3.05) is 26.3 Å². The number of hydrogen-bond acceptors (Lipinski definition) is 1. The van der Waals surface area contributed by atoms with Crippen LogP contribution in [0.15, 0.2) is 0 Å².